The van der Waals surface area contributed by atoms with E-state index in [9.17, 15) is 17.6 Å². The molecule has 0 aromatic heterocycles. The van der Waals surface area contributed by atoms with Gasteiger partial charge in [0.05, 0.1) is 38.3 Å². The van der Waals surface area contributed by atoms with Crippen molar-refractivity contribution >= 4 is 27.3 Å². The molecule has 0 aliphatic heterocycles. The number of hydrogen-bond acceptors (Lipinski definition) is 5. The number of nitrogens with zero attached hydrogens (tertiary/aromatic N) is 1. The average molecular weight is 487 g/mol. The number of halogens is 1. The molecule has 180 valence electrons. The third-order valence-corrected chi connectivity index (χ3v) is 6.46. The van der Waals surface area contributed by atoms with Crippen LogP contribution in [0.2, 0.25) is 0 Å². The van der Waals surface area contributed by atoms with Crippen molar-refractivity contribution in [1.82, 2.24) is 0 Å². The van der Waals surface area contributed by atoms with E-state index in [4.69, 9.17) is 9.47 Å². The first-order valence-corrected chi connectivity index (χ1v) is 12.3. The Morgan fingerprint density at radius 2 is 1.65 bits per heavy atom. The zero-order chi connectivity index (χ0) is 25.0. The van der Waals surface area contributed by atoms with Gasteiger partial charge in [-0.15, -0.1) is 0 Å². The molecule has 34 heavy (non-hydrogen) atoms. The van der Waals surface area contributed by atoms with Crippen molar-refractivity contribution in [2.75, 3.05) is 30.1 Å². The average Bonchev–Trinajstić information content (AvgIpc) is 2.79. The fourth-order valence-corrected chi connectivity index (χ4v) is 4.36. The number of methoxy groups -OCH3 is 2. The van der Waals surface area contributed by atoms with E-state index in [1.54, 1.807) is 6.07 Å². The largest absolute Gasteiger partial charge is 0.493 e. The predicted octanol–water partition coefficient (Wildman–Crippen LogP) is 4.68. The number of anilines is 2. The van der Waals surface area contributed by atoms with E-state index in [1.165, 1.54) is 44.6 Å². The molecule has 0 fully saturated rings. The van der Waals surface area contributed by atoms with Gasteiger partial charge in [0, 0.05) is 17.3 Å². The van der Waals surface area contributed by atoms with Gasteiger partial charge in [-0.2, -0.15) is 0 Å². The van der Waals surface area contributed by atoms with Crippen LogP contribution in [0, 0.1) is 19.7 Å². The highest BCUT2D eigenvalue weighted by Gasteiger charge is 2.27. The summed E-state index contributed by atoms with van der Waals surface area (Å²) in [6.07, 6.45) is 0.997. The zero-order valence-electron chi connectivity index (χ0n) is 19.7. The monoisotopic (exact) mass is 486 g/mol. The molecule has 9 heteroatoms. The summed E-state index contributed by atoms with van der Waals surface area (Å²) in [6.45, 7) is 3.44. The molecule has 0 heterocycles. The number of aryl methyl sites for hydroxylation is 2. The van der Waals surface area contributed by atoms with E-state index in [0.717, 1.165) is 21.7 Å². The van der Waals surface area contributed by atoms with Crippen LogP contribution < -0.4 is 19.1 Å². The molecule has 0 unspecified atom stereocenters. The maximum atomic E-state index is 14.4. The van der Waals surface area contributed by atoms with Gasteiger partial charge in [-0.3, -0.25) is 9.10 Å². The Balaban J connectivity index is 2.18. The lowest BCUT2D eigenvalue weighted by Gasteiger charge is -2.26. The highest BCUT2D eigenvalue weighted by molar-refractivity contribution is 7.92. The Bertz CT molecular complexity index is 1320. The molecule has 3 rings (SSSR count). The Labute approximate surface area is 199 Å². The van der Waals surface area contributed by atoms with Gasteiger partial charge < -0.3 is 14.8 Å². The third-order valence-electron chi connectivity index (χ3n) is 5.33. The third kappa shape index (κ3) is 5.48. The highest BCUT2D eigenvalue weighted by atomic mass is 32.2. The quantitative estimate of drug-likeness (QED) is 0.500. The Kier molecular flexibility index (Phi) is 7.46. The molecule has 0 radical (unpaired) electrons. The maximum Gasteiger partial charge on any atom is 0.257 e. The van der Waals surface area contributed by atoms with Crippen LogP contribution in [0.15, 0.2) is 54.6 Å². The molecular weight excluding hydrogens is 459 g/mol. The van der Waals surface area contributed by atoms with Gasteiger partial charge in [0.1, 0.15) is 5.82 Å². The molecule has 3 aromatic carbocycles. The number of nitrogens with one attached hydrogen (secondary N) is 1. The first-order valence-electron chi connectivity index (χ1n) is 10.4. The first kappa shape index (κ1) is 25.0. The topological polar surface area (TPSA) is 84.9 Å². The molecule has 7 nitrogen and oxygen atoms in total. The van der Waals surface area contributed by atoms with Gasteiger partial charge in [-0.25, -0.2) is 12.8 Å². The molecule has 0 saturated carbocycles. The summed E-state index contributed by atoms with van der Waals surface area (Å²) in [5.41, 5.74) is 2.60. The molecule has 0 bridgehead atoms. The van der Waals surface area contributed by atoms with Gasteiger partial charge in [-0.1, -0.05) is 30.3 Å². The van der Waals surface area contributed by atoms with Crippen LogP contribution in [0.25, 0.3) is 0 Å². The van der Waals surface area contributed by atoms with Crippen LogP contribution in [-0.4, -0.2) is 34.8 Å². The van der Waals surface area contributed by atoms with Crippen LogP contribution >= 0.6 is 0 Å². The fourth-order valence-electron chi connectivity index (χ4n) is 3.48. The van der Waals surface area contributed by atoms with Gasteiger partial charge in [0.2, 0.25) is 10.0 Å². The van der Waals surface area contributed by atoms with Crippen molar-refractivity contribution in [3.8, 4) is 11.5 Å². The number of benzene rings is 3. The molecule has 0 aliphatic carbocycles. The van der Waals surface area contributed by atoms with Crippen molar-refractivity contribution in [2.24, 2.45) is 0 Å². The van der Waals surface area contributed by atoms with Gasteiger partial charge in [-0.05, 0) is 43.2 Å². The number of amides is 1. The number of sulfonamides is 1. The second-order valence-electron chi connectivity index (χ2n) is 7.86. The normalized spacial score (nSPS) is 11.1. The lowest BCUT2D eigenvalue weighted by Crippen LogP contribution is -2.32. The molecule has 0 saturated heterocycles. The Morgan fingerprint density at radius 1 is 1.00 bits per heavy atom. The Hall–Kier alpha value is -3.59. The molecule has 1 amide bonds. The predicted molar refractivity (Wildman–Crippen MR) is 131 cm³/mol. The molecule has 3 aromatic rings. The van der Waals surface area contributed by atoms with Crippen LogP contribution in [0.3, 0.4) is 0 Å². The highest BCUT2D eigenvalue weighted by Crippen LogP contribution is 2.37. The van der Waals surface area contributed by atoms with Crippen LogP contribution in [0.5, 0.6) is 11.5 Å². The molecule has 0 atom stereocenters. The van der Waals surface area contributed by atoms with Gasteiger partial charge in [0.25, 0.3) is 5.91 Å². The van der Waals surface area contributed by atoms with E-state index >= 15 is 0 Å². The fraction of sp³-hybridized carbons (Fsp3) is 0.240. The minimum absolute atomic E-state index is 0.0281. The SMILES string of the molecule is COc1cc(C(=O)Nc2cc(C)ccc2C)c(N(Cc2ccccc2F)S(C)(=O)=O)cc1OC. The number of carbonyl (C=O) groups is 1. The van der Waals surface area contributed by atoms with Crippen LogP contribution in [0.1, 0.15) is 27.0 Å². The van der Waals surface area contributed by atoms with Crippen molar-refractivity contribution in [3.63, 3.8) is 0 Å². The molecular formula is C25H27FN2O5S. The zero-order valence-corrected chi connectivity index (χ0v) is 20.5. The van der Waals surface area contributed by atoms with Crippen molar-refractivity contribution in [1.29, 1.82) is 0 Å². The van der Waals surface area contributed by atoms with E-state index in [-0.39, 0.29) is 34.9 Å². The van der Waals surface area contributed by atoms with E-state index < -0.39 is 21.7 Å². The Morgan fingerprint density at radius 3 is 2.26 bits per heavy atom. The maximum absolute atomic E-state index is 14.4. The minimum atomic E-state index is -3.93. The summed E-state index contributed by atoms with van der Waals surface area (Å²) in [4.78, 5) is 13.4. The van der Waals surface area contributed by atoms with Crippen molar-refractivity contribution in [3.05, 3.63) is 82.7 Å². The summed E-state index contributed by atoms with van der Waals surface area (Å²) >= 11 is 0. The molecule has 1 N–H and O–H groups in total. The van der Waals surface area contributed by atoms with Crippen LogP contribution in [-0.2, 0) is 16.6 Å². The van der Waals surface area contributed by atoms with E-state index in [0.29, 0.717) is 5.69 Å². The summed E-state index contributed by atoms with van der Waals surface area (Å²) in [5.74, 6) is -0.635. The number of carbonyl (C=O) groups excluding carboxylic acids is 1. The molecule has 0 aliphatic rings. The van der Waals surface area contributed by atoms with Crippen LogP contribution in [0.4, 0.5) is 15.8 Å². The standard InChI is InChI=1S/C25H27FN2O5S/c1-16-10-11-17(2)21(12-16)27-25(29)19-13-23(32-3)24(33-4)14-22(19)28(34(5,30)31)15-18-8-6-7-9-20(18)26/h6-14H,15H2,1-5H3,(H,27,29). The van der Waals surface area contributed by atoms with E-state index in [1.807, 2.05) is 32.0 Å². The van der Waals surface area contributed by atoms with Crippen molar-refractivity contribution < 1.29 is 27.1 Å². The number of ether oxygens (including phenoxy) is 2. The van der Waals surface area contributed by atoms with Gasteiger partial charge >= 0.3 is 0 Å². The summed E-state index contributed by atoms with van der Waals surface area (Å²) in [6, 6.07) is 14.3. The summed E-state index contributed by atoms with van der Waals surface area (Å²) in [5, 5.41) is 2.85. The second kappa shape index (κ2) is 10.1. The smallest absolute Gasteiger partial charge is 0.257 e. The number of hydrogen-bond donors (Lipinski definition) is 1. The molecule has 0 spiro atoms. The minimum Gasteiger partial charge on any atom is -0.493 e. The number of rotatable bonds is 8. The lowest BCUT2D eigenvalue weighted by molar-refractivity contribution is 0.102. The summed E-state index contributed by atoms with van der Waals surface area (Å²) < 4.78 is 51.7. The van der Waals surface area contributed by atoms with Gasteiger partial charge in [0.15, 0.2) is 11.5 Å². The lowest BCUT2D eigenvalue weighted by atomic mass is 10.1. The van der Waals surface area contributed by atoms with Crippen molar-refractivity contribution in [2.45, 2.75) is 20.4 Å². The van der Waals surface area contributed by atoms with E-state index in [2.05, 4.69) is 5.32 Å². The second-order valence-corrected chi connectivity index (χ2v) is 9.76. The first-order chi connectivity index (χ1) is 16.0. The summed E-state index contributed by atoms with van der Waals surface area (Å²) in [7, 11) is -1.11.